The summed E-state index contributed by atoms with van der Waals surface area (Å²) in [6.45, 7) is 4.96. The van der Waals surface area contributed by atoms with E-state index in [-0.39, 0.29) is 6.04 Å². The van der Waals surface area contributed by atoms with Crippen LogP contribution in [0, 0.1) is 6.92 Å². The Hall–Kier alpha value is -1.75. The molecular weight excluding hydrogens is 214 g/mol. The minimum Gasteiger partial charge on any atom is -0.305 e. The highest BCUT2D eigenvalue weighted by molar-refractivity contribution is 5.27. The topological polar surface area (TPSA) is 55.6 Å². The molecule has 0 bridgehead atoms. The van der Waals surface area contributed by atoms with Crippen molar-refractivity contribution in [3.8, 4) is 0 Å². The van der Waals surface area contributed by atoms with Crippen molar-refractivity contribution in [2.75, 3.05) is 6.54 Å². The van der Waals surface area contributed by atoms with Gasteiger partial charge in [0.2, 0.25) is 0 Å². The van der Waals surface area contributed by atoms with Crippen molar-refractivity contribution in [2.45, 2.75) is 19.9 Å². The summed E-state index contributed by atoms with van der Waals surface area (Å²) in [7, 11) is 1.93. The molecule has 0 fully saturated rings. The van der Waals surface area contributed by atoms with Gasteiger partial charge in [-0.2, -0.15) is 5.10 Å². The predicted molar refractivity (Wildman–Crippen MR) is 65.5 cm³/mol. The maximum Gasteiger partial charge on any atom is 0.0802 e. The molecule has 5 heteroatoms. The second kappa shape index (κ2) is 5.05. The predicted octanol–water partition coefficient (Wildman–Crippen LogP) is 1.22. The number of aryl methyl sites for hydroxylation is 2. The molecule has 90 valence electrons. The van der Waals surface area contributed by atoms with E-state index < -0.39 is 0 Å². The highest BCUT2D eigenvalue weighted by Crippen LogP contribution is 2.21. The van der Waals surface area contributed by atoms with Crippen LogP contribution in [-0.2, 0) is 7.05 Å². The smallest absolute Gasteiger partial charge is 0.0802 e. The van der Waals surface area contributed by atoms with Crippen LogP contribution in [0.5, 0.6) is 0 Å². The summed E-state index contributed by atoms with van der Waals surface area (Å²) in [5, 5.41) is 7.78. The van der Waals surface area contributed by atoms with E-state index in [2.05, 4.69) is 27.3 Å². The molecule has 1 unspecified atom stereocenters. The normalized spacial score (nSPS) is 12.6. The number of hydrogen-bond donors (Lipinski definition) is 1. The molecule has 1 N–H and O–H groups in total. The summed E-state index contributed by atoms with van der Waals surface area (Å²) >= 11 is 0. The summed E-state index contributed by atoms with van der Waals surface area (Å²) in [5.74, 6) is 0. The van der Waals surface area contributed by atoms with Gasteiger partial charge in [0.1, 0.15) is 0 Å². The molecule has 0 aliphatic heterocycles. The average molecular weight is 231 g/mol. The molecule has 0 spiro atoms. The van der Waals surface area contributed by atoms with Crippen LogP contribution in [0.15, 0.2) is 24.8 Å². The van der Waals surface area contributed by atoms with E-state index in [1.165, 1.54) is 0 Å². The van der Waals surface area contributed by atoms with Gasteiger partial charge in [0.25, 0.3) is 0 Å². The number of aromatic nitrogens is 4. The van der Waals surface area contributed by atoms with Crippen molar-refractivity contribution in [1.82, 2.24) is 25.1 Å². The van der Waals surface area contributed by atoms with Crippen molar-refractivity contribution in [3.63, 3.8) is 0 Å². The van der Waals surface area contributed by atoms with Gasteiger partial charge < -0.3 is 5.32 Å². The Labute approximate surface area is 101 Å². The maximum atomic E-state index is 4.37. The first kappa shape index (κ1) is 11.7. The van der Waals surface area contributed by atoms with Crippen LogP contribution in [0.3, 0.4) is 0 Å². The lowest BCUT2D eigenvalue weighted by Gasteiger charge is -2.16. The Morgan fingerprint density at radius 1 is 1.41 bits per heavy atom. The third-order valence-corrected chi connectivity index (χ3v) is 2.65. The molecule has 2 aromatic rings. The molecule has 0 aromatic carbocycles. The van der Waals surface area contributed by atoms with E-state index in [0.29, 0.717) is 0 Å². The molecule has 0 aliphatic rings. The van der Waals surface area contributed by atoms with Gasteiger partial charge >= 0.3 is 0 Å². The summed E-state index contributed by atoms with van der Waals surface area (Å²) in [6, 6.07) is 0.0578. The lowest BCUT2D eigenvalue weighted by Crippen LogP contribution is -2.23. The molecule has 0 saturated carbocycles. The summed E-state index contributed by atoms with van der Waals surface area (Å²) in [4.78, 5) is 8.48. The highest BCUT2D eigenvalue weighted by atomic mass is 15.3. The lowest BCUT2D eigenvalue weighted by atomic mass is 10.1. The quantitative estimate of drug-likeness (QED) is 0.859. The average Bonchev–Trinajstić information content (AvgIpc) is 2.66. The minimum absolute atomic E-state index is 0.0578. The zero-order valence-corrected chi connectivity index (χ0v) is 10.4. The van der Waals surface area contributed by atoms with Crippen LogP contribution in [0.1, 0.15) is 29.9 Å². The van der Waals surface area contributed by atoms with Gasteiger partial charge in [-0.25, -0.2) is 0 Å². The van der Waals surface area contributed by atoms with Crippen LogP contribution in [0.25, 0.3) is 0 Å². The first-order chi connectivity index (χ1) is 8.22. The van der Waals surface area contributed by atoms with Crippen molar-refractivity contribution in [2.24, 2.45) is 7.05 Å². The molecule has 5 nitrogen and oxygen atoms in total. The van der Waals surface area contributed by atoms with E-state index in [1.807, 2.05) is 24.9 Å². The SMILES string of the molecule is CCNC(c1cnccn1)c1cn(C)nc1C. The number of hydrogen-bond acceptors (Lipinski definition) is 4. The Morgan fingerprint density at radius 2 is 2.24 bits per heavy atom. The van der Waals surface area contributed by atoms with E-state index in [1.54, 1.807) is 18.6 Å². The number of nitrogens with zero attached hydrogens (tertiary/aromatic N) is 4. The molecule has 2 aromatic heterocycles. The van der Waals surface area contributed by atoms with E-state index >= 15 is 0 Å². The molecule has 2 rings (SSSR count). The van der Waals surface area contributed by atoms with Gasteiger partial charge in [-0.15, -0.1) is 0 Å². The van der Waals surface area contributed by atoms with Crippen molar-refractivity contribution < 1.29 is 0 Å². The zero-order chi connectivity index (χ0) is 12.3. The van der Waals surface area contributed by atoms with E-state index in [4.69, 9.17) is 0 Å². The van der Waals surface area contributed by atoms with Gasteiger partial charge in [0.05, 0.1) is 23.6 Å². The second-order valence-electron chi connectivity index (χ2n) is 3.96. The van der Waals surface area contributed by atoms with Gasteiger partial charge in [-0.1, -0.05) is 6.92 Å². The Kier molecular flexibility index (Phi) is 3.49. The molecular formula is C12H17N5. The van der Waals surface area contributed by atoms with Crippen LogP contribution >= 0.6 is 0 Å². The summed E-state index contributed by atoms with van der Waals surface area (Å²) in [5.41, 5.74) is 3.09. The summed E-state index contributed by atoms with van der Waals surface area (Å²) in [6.07, 6.45) is 7.21. The first-order valence-corrected chi connectivity index (χ1v) is 5.71. The second-order valence-corrected chi connectivity index (χ2v) is 3.96. The lowest BCUT2D eigenvalue weighted by molar-refractivity contribution is 0.609. The van der Waals surface area contributed by atoms with Gasteiger partial charge in [-0.3, -0.25) is 14.6 Å². The number of nitrogens with one attached hydrogen (secondary N) is 1. The van der Waals surface area contributed by atoms with Crippen LogP contribution in [-0.4, -0.2) is 26.3 Å². The molecule has 0 amide bonds. The largest absolute Gasteiger partial charge is 0.305 e. The van der Waals surface area contributed by atoms with Crippen molar-refractivity contribution in [3.05, 3.63) is 41.7 Å². The van der Waals surface area contributed by atoms with Gasteiger partial charge in [-0.05, 0) is 13.5 Å². The van der Waals surface area contributed by atoms with E-state index in [9.17, 15) is 0 Å². The zero-order valence-electron chi connectivity index (χ0n) is 10.4. The van der Waals surface area contributed by atoms with Crippen LogP contribution in [0.4, 0.5) is 0 Å². The Bertz CT molecular complexity index is 477. The fourth-order valence-electron chi connectivity index (χ4n) is 1.94. The van der Waals surface area contributed by atoms with Gasteiger partial charge in [0, 0.05) is 31.2 Å². The Morgan fingerprint density at radius 3 is 2.76 bits per heavy atom. The highest BCUT2D eigenvalue weighted by Gasteiger charge is 2.18. The Balaban J connectivity index is 2.39. The molecule has 2 heterocycles. The maximum absolute atomic E-state index is 4.37. The molecule has 0 saturated heterocycles. The molecule has 0 aliphatic carbocycles. The van der Waals surface area contributed by atoms with Gasteiger partial charge in [0.15, 0.2) is 0 Å². The first-order valence-electron chi connectivity index (χ1n) is 5.71. The minimum atomic E-state index is 0.0578. The van der Waals surface area contributed by atoms with Crippen LogP contribution < -0.4 is 5.32 Å². The summed E-state index contributed by atoms with van der Waals surface area (Å²) < 4.78 is 1.82. The third kappa shape index (κ3) is 2.50. The fraction of sp³-hybridized carbons (Fsp3) is 0.417. The monoisotopic (exact) mass is 231 g/mol. The standard InChI is InChI=1S/C12H17N5/c1-4-14-12(11-7-13-5-6-15-11)10-8-17(3)16-9(10)2/h5-8,12,14H,4H2,1-3H3. The van der Waals surface area contributed by atoms with Crippen molar-refractivity contribution in [1.29, 1.82) is 0 Å². The third-order valence-electron chi connectivity index (χ3n) is 2.65. The van der Waals surface area contributed by atoms with E-state index in [0.717, 1.165) is 23.5 Å². The fourth-order valence-corrected chi connectivity index (χ4v) is 1.94. The molecule has 0 radical (unpaired) electrons. The van der Waals surface area contributed by atoms with Crippen molar-refractivity contribution >= 4 is 0 Å². The van der Waals surface area contributed by atoms with Crippen LogP contribution in [0.2, 0.25) is 0 Å². The molecule has 1 atom stereocenters. The number of rotatable bonds is 4. The molecule has 17 heavy (non-hydrogen) atoms.